The van der Waals surface area contributed by atoms with E-state index in [-0.39, 0.29) is 17.1 Å². The average molecular weight is 374 g/mol. The first-order valence-corrected chi connectivity index (χ1v) is 7.87. The van der Waals surface area contributed by atoms with Crippen molar-refractivity contribution < 1.29 is 34.6 Å². The van der Waals surface area contributed by atoms with Crippen LogP contribution in [0.3, 0.4) is 0 Å². The van der Waals surface area contributed by atoms with Gasteiger partial charge in [0.1, 0.15) is 0 Å². The van der Waals surface area contributed by atoms with E-state index < -0.39 is 22.2 Å². The Labute approximate surface area is 140 Å². The van der Waals surface area contributed by atoms with Gasteiger partial charge in [-0.1, -0.05) is 35.4 Å². The number of hydrogen-bond donors (Lipinski definition) is 0. The molecule has 0 spiro atoms. The molecular formula is C14H14CuO4S2. The van der Waals surface area contributed by atoms with Gasteiger partial charge in [-0.3, -0.25) is 8.42 Å². The minimum atomic E-state index is -2.09. The SMILES string of the molecule is Cc1ccc(S(=O)[O-])cc1.Cc1ccc(S(=O)[O-])cc1.[Cu+2]. The molecule has 7 heteroatoms. The summed E-state index contributed by atoms with van der Waals surface area (Å²) >= 11 is -4.17. The fourth-order valence-electron chi connectivity index (χ4n) is 1.30. The van der Waals surface area contributed by atoms with E-state index in [0.717, 1.165) is 11.1 Å². The molecule has 0 aliphatic heterocycles. The van der Waals surface area contributed by atoms with Gasteiger partial charge in [0.2, 0.25) is 0 Å². The van der Waals surface area contributed by atoms with Crippen molar-refractivity contribution in [2.24, 2.45) is 0 Å². The minimum Gasteiger partial charge on any atom is -0.768 e. The van der Waals surface area contributed by atoms with Gasteiger partial charge >= 0.3 is 17.1 Å². The van der Waals surface area contributed by atoms with Crippen LogP contribution in [0.15, 0.2) is 58.3 Å². The van der Waals surface area contributed by atoms with E-state index in [9.17, 15) is 17.5 Å². The zero-order chi connectivity index (χ0) is 15.1. The van der Waals surface area contributed by atoms with Crippen molar-refractivity contribution in [2.75, 3.05) is 0 Å². The van der Waals surface area contributed by atoms with Crippen LogP contribution in [0.25, 0.3) is 0 Å². The molecule has 1 radical (unpaired) electrons. The van der Waals surface area contributed by atoms with Gasteiger partial charge in [0.15, 0.2) is 0 Å². The molecule has 2 aromatic carbocycles. The maximum absolute atomic E-state index is 10.3. The molecule has 0 amide bonds. The molecule has 0 saturated carbocycles. The molecule has 0 saturated heterocycles. The van der Waals surface area contributed by atoms with E-state index in [1.165, 1.54) is 0 Å². The zero-order valence-electron chi connectivity index (χ0n) is 11.4. The third-order valence-electron chi connectivity index (χ3n) is 2.43. The fraction of sp³-hybridized carbons (Fsp3) is 0.143. The van der Waals surface area contributed by atoms with Gasteiger partial charge in [0, 0.05) is 9.79 Å². The van der Waals surface area contributed by atoms with Crippen molar-refractivity contribution in [3.05, 3.63) is 59.7 Å². The normalized spacial score (nSPS) is 12.4. The Hall–Kier alpha value is -0.821. The van der Waals surface area contributed by atoms with Crippen LogP contribution in [-0.4, -0.2) is 17.5 Å². The number of benzene rings is 2. The van der Waals surface area contributed by atoms with Crippen LogP contribution < -0.4 is 0 Å². The number of rotatable bonds is 2. The van der Waals surface area contributed by atoms with Crippen LogP contribution in [0.2, 0.25) is 0 Å². The Bertz CT molecular complexity index is 542. The maximum Gasteiger partial charge on any atom is 2.00 e. The molecule has 0 aliphatic rings. The molecule has 0 bridgehead atoms. The number of aryl methyl sites for hydroxylation is 2. The van der Waals surface area contributed by atoms with Crippen molar-refractivity contribution in [2.45, 2.75) is 23.6 Å². The van der Waals surface area contributed by atoms with E-state index in [4.69, 9.17) is 0 Å². The standard InChI is InChI=1S/2C7H8O2S.Cu/c2*1-6-2-4-7(5-3-6)10(8)9;/h2*2-5H,1H3,(H,8,9);/q;;+2/p-2. The Morgan fingerprint density at radius 1 is 0.667 bits per heavy atom. The van der Waals surface area contributed by atoms with Crippen LogP contribution in [-0.2, 0) is 39.2 Å². The molecular weight excluding hydrogens is 360 g/mol. The second-order valence-corrected chi connectivity index (χ2v) is 5.98. The Balaban J connectivity index is 0.000000364. The van der Waals surface area contributed by atoms with Crippen molar-refractivity contribution in [1.29, 1.82) is 0 Å². The van der Waals surface area contributed by atoms with E-state index in [1.54, 1.807) is 48.5 Å². The molecule has 2 unspecified atom stereocenters. The summed E-state index contributed by atoms with van der Waals surface area (Å²) in [5, 5.41) is 0. The summed E-state index contributed by atoms with van der Waals surface area (Å²) in [6.45, 7) is 3.83. The topological polar surface area (TPSA) is 80.3 Å². The molecule has 2 atom stereocenters. The van der Waals surface area contributed by atoms with Gasteiger partial charge in [-0.15, -0.1) is 0 Å². The summed E-state index contributed by atoms with van der Waals surface area (Å²) in [5.74, 6) is 0. The Morgan fingerprint density at radius 3 is 1.10 bits per heavy atom. The third kappa shape index (κ3) is 7.66. The molecule has 0 N–H and O–H groups in total. The third-order valence-corrected chi connectivity index (χ3v) is 3.74. The maximum atomic E-state index is 10.3. The second kappa shape index (κ2) is 10.00. The van der Waals surface area contributed by atoms with Gasteiger partial charge in [0.05, 0.1) is 0 Å². The molecule has 117 valence electrons. The van der Waals surface area contributed by atoms with Crippen LogP contribution in [0.5, 0.6) is 0 Å². The quantitative estimate of drug-likeness (QED) is 0.598. The largest absolute Gasteiger partial charge is 2.00 e. The van der Waals surface area contributed by atoms with Crippen LogP contribution >= 0.6 is 0 Å². The second-order valence-electron chi connectivity index (χ2n) is 4.10. The summed E-state index contributed by atoms with van der Waals surface area (Å²) in [6.07, 6.45) is 0. The molecule has 21 heavy (non-hydrogen) atoms. The van der Waals surface area contributed by atoms with E-state index in [1.807, 2.05) is 13.8 Å². The monoisotopic (exact) mass is 373 g/mol. The number of hydrogen-bond acceptors (Lipinski definition) is 4. The predicted molar refractivity (Wildman–Crippen MR) is 76.7 cm³/mol. The van der Waals surface area contributed by atoms with Crippen molar-refractivity contribution in [3.8, 4) is 0 Å². The zero-order valence-corrected chi connectivity index (χ0v) is 13.9. The smallest absolute Gasteiger partial charge is 0.768 e. The summed E-state index contributed by atoms with van der Waals surface area (Å²) in [6, 6.07) is 13.4. The molecule has 0 aliphatic carbocycles. The van der Waals surface area contributed by atoms with Crippen molar-refractivity contribution >= 4 is 22.2 Å². The molecule has 0 heterocycles. The average Bonchev–Trinajstić information content (AvgIpc) is 2.40. The Kier molecular flexibility index (Phi) is 9.61. The van der Waals surface area contributed by atoms with Gasteiger partial charge in [-0.25, -0.2) is 0 Å². The van der Waals surface area contributed by atoms with Crippen LogP contribution in [0, 0.1) is 13.8 Å². The van der Waals surface area contributed by atoms with Crippen molar-refractivity contribution in [3.63, 3.8) is 0 Å². The van der Waals surface area contributed by atoms with Gasteiger partial charge in [-0.2, -0.15) is 0 Å². The predicted octanol–water partition coefficient (Wildman–Crippen LogP) is 2.46. The molecule has 2 rings (SSSR count). The van der Waals surface area contributed by atoms with Gasteiger partial charge in [0.25, 0.3) is 0 Å². The van der Waals surface area contributed by atoms with E-state index >= 15 is 0 Å². The van der Waals surface area contributed by atoms with Crippen LogP contribution in [0.1, 0.15) is 11.1 Å². The Morgan fingerprint density at radius 2 is 0.905 bits per heavy atom. The summed E-state index contributed by atoms with van der Waals surface area (Å²) in [5.41, 5.74) is 2.13. The molecule has 4 nitrogen and oxygen atoms in total. The minimum absolute atomic E-state index is 0. The van der Waals surface area contributed by atoms with Gasteiger partial charge < -0.3 is 9.11 Å². The van der Waals surface area contributed by atoms with Crippen molar-refractivity contribution in [1.82, 2.24) is 0 Å². The first-order chi connectivity index (χ1) is 9.40. The summed E-state index contributed by atoms with van der Waals surface area (Å²) < 4.78 is 41.2. The molecule has 0 fully saturated rings. The van der Waals surface area contributed by atoms with Crippen LogP contribution in [0.4, 0.5) is 0 Å². The summed E-state index contributed by atoms with van der Waals surface area (Å²) in [7, 11) is 0. The fourth-order valence-corrected chi connectivity index (χ4v) is 2.02. The van der Waals surface area contributed by atoms with Gasteiger partial charge in [-0.05, 0) is 60.3 Å². The summed E-state index contributed by atoms with van der Waals surface area (Å²) in [4.78, 5) is 0.677. The van der Waals surface area contributed by atoms with E-state index in [2.05, 4.69) is 0 Å². The first kappa shape index (κ1) is 20.2. The molecule has 0 aromatic heterocycles. The molecule has 2 aromatic rings. The first-order valence-electron chi connectivity index (χ1n) is 5.72. The van der Waals surface area contributed by atoms with E-state index in [0.29, 0.717) is 9.79 Å².